The Balaban J connectivity index is 2.15. The molecular weight excluding hydrogens is 430 g/mol. The maximum absolute atomic E-state index is 12.6. The van der Waals surface area contributed by atoms with Crippen LogP contribution >= 0.6 is 0 Å². The second-order valence-corrected chi connectivity index (χ2v) is 9.79. The molecule has 0 aromatic heterocycles. The van der Waals surface area contributed by atoms with Gasteiger partial charge in [-0.2, -0.15) is 0 Å². The van der Waals surface area contributed by atoms with Gasteiger partial charge in [-0.15, -0.1) is 0 Å². The number of methoxy groups -OCH3 is 1. The highest BCUT2D eigenvalue weighted by Gasteiger charge is 2.20. The van der Waals surface area contributed by atoms with Gasteiger partial charge in [0.15, 0.2) is 0 Å². The Bertz CT molecular complexity index is 1070. The minimum absolute atomic E-state index is 0.0180. The van der Waals surface area contributed by atoms with Crippen molar-refractivity contribution in [3.8, 4) is 5.75 Å². The molecule has 1 unspecified atom stereocenters. The molecule has 2 N–H and O–H groups in total. The number of para-hydroxylation sites is 1. The zero-order chi connectivity index (χ0) is 23.9. The number of carbonyl (C=O) groups excluding carboxylic acids is 2. The summed E-state index contributed by atoms with van der Waals surface area (Å²) in [6.07, 6.45) is 1.15. The average Bonchev–Trinajstić information content (AvgIpc) is 2.77. The van der Waals surface area contributed by atoms with Crippen molar-refractivity contribution in [3.05, 3.63) is 53.6 Å². The summed E-state index contributed by atoms with van der Waals surface area (Å²) in [5.74, 6) is -0.0425. The second-order valence-electron chi connectivity index (χ2n) is 7.64. The summed E-state index contributed by atoms with van der Waals surface area (Å²) in [6.45, 7) is 3.89. The summed E-state index contributed by atoms with van der Waals surface area (Å²) >= 11 is 0. The van der Waals surface area contributed by atoms with Gasteiger partial charge in [0.2, 0.25) is 15.9 Å². The first-order valence-electron chi connectivity index (χ1n) is 10.4. The van der Waals surface area contributed by atoms with Gasteiger partial charge in [-0.3, -0.25) is 9.59 Å². The van der Waals surface area contributed by atoms with E-state index in [-0.39, 0.29) is 35.6 Å². The second kappa shape index (κ2) is 11.1. The lowest BCUT2D eigenvalue weighted by molar-refractivity contribution is -0.116. The van der Waals surface area contributed by atoms with E-state index in [1.807, 2.05) is 13.8 Å². The number of nitrogens with one attached hydrogen (secondary N) is 2. The molecule has 32 heavy (non-hydrogen) atoms. The van der Waals surface area contributed by atoms with E-state index in [9.17, 15) is 18.0 Å². The number of aryl methyl sites for hydroxylation is 1. The maximum Gasteiger partial charge on any atom is 0.253 e. The topological polar surface area (TPSA) is 105 Å². The lowest BCUT2D eigenvalue weighted by Gasteiger charge is -2.16. The Morgan fingerprint density at radius 2 is 1.81 bits per heavy atom. The van der Waals surface area contributed by atoms with Gasteiger partial charge < -0.3 is 15.4 Å². The Morgan fingerprint density at radius 3 is 2.44 bits per heavy atom. The van der Waals surface area contributed by atoms with Gasteiger partial charge in [0, 0.05) is 26.6 Å². The van der Waals surface area contributed by atoms with Crippen LogP contribution in [0.4, 0.5) is 5.69 Å². The summed E-state index contributed by atoms with van der Waals surface area (Å²) in [5, 5.41) is 5.68. The van der Waals surface area contributed by atoms with Crippen molar-refractivity contribution < 1.29 is 22.7 Å². The number of ether oxygens (including phenoxy) is 1. The first-order chi connectivity index (χ1) is 15.1. The smallest absolute Gasteiger partial charge is 0.253 e. The fourth-order valence-corrected chi connectivity index (χ4v) is 3.93. The predicted octanol–water partition coefficient (Wildman–Crippen LogP) is 3.05. The number of nitrogens with zero attached hydrogens (tertiary/aromatic N) is 1. The molecule has 2 aromatic carbocycles. The van der Waals surface area contributed by atoms with E-state index in [0.29, 0.717) is 22.6 Å². The van der Waals surface area contributed by atoms with Crippen LogP contribution < -0.4 is 15.4 Å². The van der Waals surface area contributed by atoms with Crippen LogP contribution in [-0.4, -0.2) is 51.8 Å². The molecule has 1 atom stereocenters. The van der Waals surface area contributed by atoms with E-state index in [1.165, 1.54) is 33.3 Å². The molecule has 0 heterocycles. The molecule has 9 heteroatoms. The Kier molecular flexibility index (Phi) is 8.80. The molecule has 8 nitrogen and oxygen atoms in total. The quantitative estimate of drug-likeness (QED) is 0.566. The van der Waals surface area contributed by atoms with E-state index in [4.69, 9.17) is 4.74 Å². The summed E-state index contributed by atoms with van der Waals surface area (Å²) in [5.41, 5.74) is 1.42. The number of hydrogen-bond donors (Lipinski definition) is 2. The third-order valence-corrected chi connectivity index (χ3v) is 6.90. The van der Waals surface area contributed by atoms with Gasteiger partial charge in [-0.25, -0.2) is 12.7 Å². The number of benzene rings is 2. The van der Waals surface area contributed by atoms with Crippen LogP contribution in [0.5, 0.6) is 5.75 Å². The number of rotatable bonds is 10. The molecule has 0 saturated carbocycles. The van der Waals surface area contributed by atoms with Crippen molar-refractivity contribution in [2.24, 2.45) is 0 Å². The van der Waals surface area contributed by atoms with Crippen LogP contribution in [0.1, 0.15) is 42.6 Å². The molecule has 174 valence electrons. The Hall–Kier alpha value is -2.91. The largest absolute Gasteiger partial charge is 0.496 e. The first-order valence-corrected chi connectivity index (χ1v) is 11.8. The van der Waals surface area contributed by atoms with E-state index < -0.39 is 10.0 Å². The van der Waals surface area contributed by atoms with Crippen LogP contribution in [0, 0.1) is 0 Å². The highest BCUT2D eigenvalue weighted by atomic mass is 32.2. The normalized spacial score (nSPS) is 12.3. The standard InChI is InChI=1S/C23H31N3O5S/c1-6-16(2)24-23(28)19-9-7-8-10-20(19)25-22(27)14-11-17-15-18(12-13-21(17)31-5)32(29,30)26(3)4/h7-10,12-13,15-16H,6,11,14H2,1-5H3,(H,24,28)(H,25,27). The zero-order valence-electron chi connectivity index (χ0n) is 19.1. The number of amides is 2. The minimum Gasteiger partial charge on any atom is -0.496 e. The van der Waals surface area contributed by atoms with Crippen molar-refractivity contribution in [3.63, 3.8) is 0 Å². The SMILES string of the molecule is CCC(C)NC(=O)c1ccccc1NC(=O)CCc1cc(S(=O)(=O)N(C)C)ccc1OC. The lowest BCUT2D eigenvalue weighted by Crippen LogP contribution is -2.32. The van der Waals surface area contributed by atoms with E-state index >= 15 is 0 Å². The van der Waals surface area contributed by atoms with Gasteiger partial charge in [-0.05, 0) is 55.7 Å². The summed E-state index contributed by atoms with van der Waals surface area (Å²) in [7, 11) is 0.805. The van der Waals surface area contributed by atoms with Crippen molar-refractivity contribution in [2.75, 3.05) is 26.5 Å². The molecule has 2 aromatic rings. The van der Waals surface area contributed by atoms with Gasteiger partial charge in [0.05, 0.1) is 23.3 Å². The molecule has 0 bridgehead atoms. The van der Waals surface area contributed by atoms with E-state index in [2.05, 4.69) is 10.6 Å². The first kappa shape index (κ1) is 25.4. The van der Waals surface area contributed by atoms with Crippen molar-refractivity contribution in [2.45, 2.75) is 44.0 Å². The molecule has 0 radical (unpaired) electrons. The Morgan fingerprint density at radius 1 is 1.12 bits per heavy atom. The van der Waals surface area contributed by atoms with Crippen LogP contribution in [0.15, 0.2) is 47.4 Å². The maximum atomic E-state index is 12.6. The van der Waals surface area contributed by atoms with Gasteiger partial charge >= 0.3 is 0 Å². The number of anilines is 1. The average molecular weight is 462 g/mol. The molecule has 0 fully saturated rings. The monoisotopic (exact) mass is 461 g/mol. The van der Waals surface area contributed by atoms with Crippen LogP contribution in [-0.2, 0) is 21.2 Å². The Labute approximate surface area is 190 Å². The zero-order valence-corrected chi connectivity index (χ0v) is 20.0. The van der Waals surface area contributed by atoms with E-state index in [1.54, 1.807) is 30.3 Å². The highest BCUT2D eigenvalue weighted by molar-refractivity contribution is 7.89. The molecule has 0 aliphatic rings. The number of hydrogen-bond acceptors (Lipinski definition) is 5. The number of carbonyl (C=O) groups is 2. The van der Waals surface area contributed by atoms with Gasteiger partial charge in [0.1, 0.15) is 5.75 Å². The third kappa shape index (κ3) is 6.30. The van der Waals surface area contributed by atoms with E-state index in [0.717, 1.165) is 10.7 Å². The molecule has 0 spiro atoms. The molecule has 2 amide bonds. The summed E-state index contributed by atoms with van der Waals surface area (Å²) in [4.78, 5) is 25.3. The van der Waals surface area contributed by atoms with Crippen molar-refractivity contribution in [1.82, 2.24) is 9.62 Å². The highest BCUT2D eigenvalue weighted by Crippen LogP contribution is 2.25. The summed E-state index contributed by atoms with van der Waals surface area (Å²) < 4.78 is 31.3. The molecule has 0 aliphatic heterocycles. The fraction of sp³-hybridized carbons (Fsp3) is 0.391. The number of sulfonamides is 1. The van der Waals surface area contributed by atoms with Crippen molar-refractivity contribution >= 4 is 27.5 Å². The molecular formula is C23H31N3O5S. The lowest BCUT2D eigenvalue weighted by atomic mass is 10.1. The molecule has 2 rings (SSSR count). The van der Waals surface area contributed by atoms with Gasteiger partial charge in [-0.1, -0.05) is 19.1 Å². The van der Waals surface area contributed by atoms with Crippen LogP contribution in [0.3, 0.4) is 0 Å². The van der Waals surface area contributed by atoms with Crippen LogP contribution in [0.2, 0.25) is 0 Å². The predicted molar refractivity (Wildman–Crippen MR) is 124 cm³/mol. The van der Waals surface area contributed by atoms with Gasteiger partial charge in [0.25, 0.3) is 5.91 Å². The molecule has 0 saturated heterocycles. The fourth-order valence-electron chi connectivity index (χ4n) is 2.98. The van der Waals surface area contributed by atoms with Crippen LogP contribution in [0.25, 0.3) is 0 Å². The molecule has 0 aliphatic carbocycles. The van der Waals surface area contributed by atoms with Crippen molar-refractivity contribution in [1.29, 1.82) is 0 Å². The minimum atomic E-state index is -3.61. The third-order valence-electron chi connectivity index (χ3n) is 5.09. The summed E-state index contributed by atoms with van der Waals surface area (Å²) in [6, 6.07) is 11.4.